The van der Waals surface area contributed by atoms with Crippen LogP contribution in [0.5, 0.6) is 0 Å². The molecule has 0 bridgehead atoms. The van der Waals surface area contributed by atoms with Crippen LogP contribution < -0.4 is 0 Å². The first-order chi connectivity index (χ1) is 11.5. The van der Waals surface area contributed by atoms with E-state index in [1.165, 1.54) is 16.8 Å². The van der Waals surface area contributed by atoms with Crippen molar-refractivity contribution in [2.75, 3.05) is 19.8 Å². The number of urea groups is 1. The zero-order valence-corrected chi connectivity index (χ0v) is 14.9. The first-order valence-corrected chi connectivity index (χ1v) is 8.97. The second-order valence-electron chi connectivity index (χ2n) is 5.86. The van der Waals surface area contributed by atoms with E-state index in [9.17, 15) is 9.59 Å². The molecule has 1 fully saturated rings. The van der Waals surface area contributed by atoms with Gasteiger partial charge in [0.2, 0.25) is 0 Å². The van der Waals surface area contributed by atoms with Crippen LogP contribution in [-0.4, -0.2) is 63.2 Å². The Morgan fingerprint density at radius 3 is 2.54 bits per heavy atom. The summed E-state index contributed by atoms with van der Waals surface area (Å²) in [5.41, 5.74) is 1.11. The zero-order valence-electron chi connectivity index (χ0n) is 14.1. The van der Waals surface area contributed by atoms with Crippen molar-refractivity contribution in [1.82, 2.24) is 9.80 Å². The average Bonchev–Trinajstić information content (AvgIpc) is 2.95. The van der Waals surface area contributed by atoms with E-state index in [1.54, 1.807) is 18.8 Å². The Morgan fingerprint density at radius 2 is 1.88 bits per heavy atom. The number of thioether (sulfide) groups is 1. The van der Waals surface area contributed by atoms with Crippen molar-refractivity contribution < 1.29 is 14.2 Å². The molecule has 2 aliphatic heterocycles. The minimum atomic E-state index is -0.530. The van der Waals surface area contributed by atoms with E-state index in [-0.39, 0.29) is 11.9 Å². The monoisotopic (exact) mass is 345 g/mol. The number of likely N-dealkylation sites (N-methyl/N-ethyl adjacent to an activating group) is 2. The summed E-state index contributed by atoms with van der Waals surface area (Å²) in [6.45, 7) is 2.70. The molecule has 2 heterocycles. The molecule has 7 heteroatoms. The number of hydrogen-bond donors (Lipinski definition) is 0. The Morgan fingerprint density at radius 1 is 1.17 bits per heavy atom. The van der Waals surface area contributed by atoms with E-state index < -0.39 is 6.04 Å². The first kappa shape index (κ1) is 16.7. The summed E-state index contributed by atoms with van der Waals surface area (Å²) in [5.74, 6) is 1.23. The highest BCUT2D eigenvalue weighted by Crippen LogP contribution is 2.24. The molecule has 0 aliphatic carbocycles. The summed E-state index contributed by atoms with van der Waals surface area (Å²) in [7, 11) is 3.20. The number of amides is 3. The third-order valence-electron chi connectivity index (χ3n) is 4.13. The molecular weight excluding hydrogens is 324 g/mol. The smallest absolute Gasteiger partial charge is 0.269 e. The van der Waals surface area contributed by atoms with Gasteiger partial charge in [0.1, 0.15) is 6.54 Å². The molecule has 1 unspecified atom stereocenters. The van der Waals surface area contributed by atoms with Gasteiger partial charge < -0.3 is 0 Å². The molecule has 6 nitrogen and oxygen atoms in total. The summed E-state index contributed by atoms with van der Waals surface area (Å²) in [4.78, 5) is 32.2. The lowest BCUT2D eigenvalue weighted by Crippen LogP contribution is -2.61. The van der Waals surface area contributed by atoms with E-state index in [4.69, 9.17) is 0 Å². The molecule has 0 aromatic heterocycles. The van der Waals surface area contributed by atoms with Gasteiger partial charge in [-0.3, -0.25) is 14.6 Å². The molecule has 24 heavy (non-hydrogen) atoms. The summed E-state index contributed by atoms with van der Waals surface area (Å²) in [6.07, 6.45) is 1.02. The van der Waals surface area contributed by atoms with Crippen LogP contribution in [0, 0.1) is 0 Å². The lowest BCUT2D eigenvalue weighted by molar-refractivity contribution is -0.548. The summed E-state index contributed by atoms with van der Waals surface area (Å²) < 4.78 is 2.01. The van der Waals surface area contributed by atoms with Crippen LogP contribution in [0.3, 0.4) is 0 Å². The number of nitrogens with zero attached hydrogens (tertiary/aromatic N) is 4. The first-order valence-electron chi connectivity index (χ1n) is 7.98. The maximum Gasteiger partial charge on any atom is 0.358 e. The zero-order chi connectivity index (χ0) is 17.3. The van der Waals surface area contributed by atoms with Crippen molar-refractivity contribution in [3.63, 3.8) is 0 Å². The molecule has 0 spiro atoms. The quantitative estimate of drug-likeness (QED) is 0.785. The fourth-order valence-electron chi connectivity index (χ4n) is 2.82. The molecular formula is C17H21N4O2S+. The Hall–Kier alpha value is -2.15. The minimum absolute atomic E-state index is 0.222. The predicted octanol–water partition coefficient (Wildman–Crippen LogP) is 2.00. The Kier molecular flexibility index (Phi) is 4.71. The second-order valence-corrected chi connectivity index (χ2v) is 6.92. The second kappa shape index (κ2) is 6.76. The summed E-state index contributed by atoms with van der Waals surface area (Å²) in [6, 6.07) is 9.14. The van der Waals surface area contributed by atoms with E-state index >= 15 is 0 Å². The van der Waals surface area contributed by atoms with Gasteiger partial charge >= 0.3 is 11.2 Å². The number of amidine groups is 2. The van der Waals surface area contributed by atoms with E-state index in [0.717, 1.165) is 22.9 Å². The molecule has 0 saturated carbocycles. The van der Waals surface area contributed by atoms with Crippen molar-refractivity contribution in [3.8, 4) is 0 Å². The Balaban J connectivity index is 1.99. The van der Waals surface area contributed by atoms with Crippen LogP contribution >= 0.6 is 11.8 Å². The van der Waals surface area contributed by atoms with Gasteiger partial charge in [0, 0.05) is 19.8 Å². The lowest BCUT2D eigenvalue weighted by atomic mass is 10.1. The van der Waals surface area contributed by atoms with E-state index in [0.29, 0.717) is 12.4 Å². The van der Waals surface area contributed by atoms with Crippen LogP contribution in [0.25, 0.3) is 0 Å². The van der Waals surface area contributed by atoms with E-state index in [2.05, 4.69) is 11.9 Å². The van der Waals surface area contributed by atoms with Crippen molar-refractivity contribution in [2.45, 2.75) is 25.9 Å². The molecule has 1 aromatic rings. The molecule has 3 amide bonds. The fourth-order valence-corrected chi connectivity index (χ4v) is 3.70. The summed E-state index contributed by atoms with van der Waals surface area (Å²) >= 11 is 1.63. The number of fused-ring (bicyclic) bond motifs is 1. The van der Waals surface area contributed by atoms with Crippen LogP contribution in [0.15, 0.2) is 35.3 Å². The average molecular weight is 345 g/mol. The largest absolute Gasteiger partial charge is 0.358 e. The number of hydrogen-bond acceptors (Lipinski definition) is 4. The van der Waals surface area contributed by atoms with Gasteiger partial charge in [0.15, 0.2) is 0 Å². The number of aliphatic imine (C=N–C) groups is 1. The maximum absolute atomic E-state index is 12.7. The molecule has 0 N–H and O–H groups in total. The van der Waals surface area contributed by atoms with E-state index in [1.807, 2.05) is 34.9 Å². The third kappa shape index (κ3) is 2.84. The highest BCUT2D eigenvalue weighted by molar-refractivity contribution is 8.13. The third-order valence-corrected chi connectivity index (χ3v) is 5.32. The van der Waals surface area contributed by atoms with Gasteiger partial charge in [-0.25, -0.2) is 9.37 Å². The fraction of sp³-hybridized carbons (Fsp3) is 0.412. The standard InChI is InChI=1S/C17H21N4O2S/c1-4-10-24-16-18-14-13(15(22)20(3)17(23)19(14)2)21(16)11-12-8-6-5-7-9-12/h5-9,13H,4,10-11H2,1-3H3/q+1. The maximum atomic E-state index is 12.7. The molecule has 1 atom stereocenters. The van der Waals surface area contributed by atoms with Crippen LogP contribution in [0.2, 0.25) is 0 Å². The van der Waals surface area contributed by atoms with Crippen molar-refractivity contribution in [1.29, 1.82) is 0 Å². The van der Waals surface area contributed by atoms with Crippen LogP contribution in [0.1, 0.15) is 18.9 Å². The lowest BCUT2D eigenvalue weighted by Gasteiger charge is -2.30. The molecule has 126 valence electrons. The number of carbonyl (C=O) groups is 2. The molecule has 3 rings (SSSR count). The summed E-state index contributed by atoms with van der Waals surface area (Å²) in [5, 5.41) is 0.809. The van der Waals surface area contributed by atoms with Gasteiger partial charge in [-0.15, -0.1) is 0 Å². The topological polar surface area (TPSA) is 56.0 Å². The highest BCUT2D eigenvalue weighted by Gasteiger charge is 2.53. The van der Waals surface area contributed by atoms with Gasteiger partial charge in [0.25, 0.3) is 17.8 Å². The van der Waals surface area contributed by atoms with Crippen molar-refractivity contribution in [3.05, 3.63) is 35.9 Å². The van der Waals surface area contributed by atoms with Crippen LogP contribution in [-0.2, 0) is 11.3 Å². The number of rotatable bonds is 4. The molecule has 0 radical (unpaired) electrons. The number of carbonyl (C=O) groups excluding carboxylic acids is 2. The number of benzene rings is 1. The highest BCUT2D eigenvalue weighted by atomic mass is 32.2. The van der Waals surface area contributed by atoms with Gasteiger partial charge in [-0.1, -0.05) is 37.3 Å². The normalized spacial score (nSPS) is 20.6. The molecule has 2 aliphatic rings. The van der Waals surface area contributed by atoms with Gasteiger partial charge in [0.05, 0.1) is 0 Å². The van der Waals surface area contributed by atoms with Crippen molar-refractivity contribution >= 4 is 34.7 Å². The minimum Gasteiger partial charge on any atom is -0.269 e. The Bertz CT molecular complexity index is 729. The number of imide groups is 1. The Labute approximate surface area is 145 Å². The molecule has 1 saturated heterocycles. The van der Waals surface area contributed by atoms with Gasteiger partial charge in [-0.2, -0.15) is 0 Å². The predicted molar refractivity (Wildman–Crippen MR) is 95.3 cm³/mol. The molecule has 1 aromatic carbocycles. The van der Waals surface area contributed by atoms with Crippen LogP contribution in [0.4, 0.5) is 4.79 Å². The van der Waals surface area contributed by atoms with Gasteiger partial charge in [-0.05, 0) is 28.7 Å². The van der Waals surface area contributed by atoms with Crippen molar-refractivity contribution in [2.24, 2.45) is 4.99 Å². The SMILES string of the molecule is CCCSC1=[N+](Cc2ccccc2)C2C(=O)N(C)C(=O)N(C)C2=N1.